The maximum Gasteiger partial charge on any atom is 0.0488 e. The van der Waals surface area contributed by atoms with Crippen molar-refractivity contribution >= 4 is 32.3 Å². The van der Waals surface area contributed by atoms with E-state index in [1.165, 1.54) is 20.9 Å². The van der Waals surface area contributed by atoms with Crippen LogP contribution in [-0.2, 0) is 6.16 Å². The van der Waals surface area contributed by atoms with Crippen molar-refractivity contribution < 1.29 is 0 Å². The van der Waals surface area contributed by atoms with E-state index in [0.717, 1.165) is 4.91 Å². The minimum Gasteiger partial charge on any atom is -0.124 e. The van der Waals surface area contributed by atoms with Gasteiger partial charge in [-0.2, -0.15) is 0 Å². The van der Waals surface area contributed by atoms with Gasteiger partial charge in [0.05, 0.1) is 0 Å². The summed E-state index contributed by atoms with van der Waals surface area (Å²) >= 11 is 0. The molecule has 21 heavy (non-hydrogen) atoms. The topological polar surface area (TPSA) is 0 Å². The van der Waals surface area contributed by atoms with Gasteiger partial charge in [0, 0.05) is 16.1 Å². The highest BCUT2D eigenvalue weighted by Crippen LogP contribution is 2.46. The number of hydrogen-bond donors (Lipinski definition) is 0. The van der Waals surface area contributed by atoms with Gasteiger partial charge in [-0.15, -0.1) is 16.1 Å². The highest BCUT2D eigenvalue weighted by atomic mass is 31.1. The Morgan fingerprint density at radius 2 is 1.19 bits per heavy atom. The molecule has 0 aliphatic rings. The molecule has 1 aromatic heterocycles. The van der Waals surface area contributed by atoms with E-state index in [-0.39, 0.29) is 7.53 Å². The Morgan fingerprint density at radius 1 is 0.810 bits per heavy atom. The second-order valence-electron chi connectivity index (χ2n) is 8.69. The van der Waals surface area contributed by atoms with Crippen molar-refractivity contribution in [3.8, 4) is 0 Å². The smallest absolute Gasteiger partial charge is 0.0488 e. The average Bonchev–Trinajstić information content (AvgIpc) is 2.48. The first kappa shape index (κ1) is 19.7. The van der Waals surface area contributed by atoms with Crippen LogP contribution in [0.25, 0.3) is 0 Å². The molecular weight excluding hydrogens is 322 g/mol. The highest BCUT2D eigenvalue weighted by Gasteiger charge is 2.36. The molecular formula is C17H36P2Si2. The summed E-state index contributed by atoms with van der Waals surface area (Å²) in [6, 6.07) is 0. The fourth-order valence-corrected chi connectivity index (χ4v) is 23.9. The van der Waals surface area contributed by atoms with Crippen molar-refractivity contribution in [2.24, 2.45) is 0 Å². The molecule has 1 unspecified atom stereocenters. The van der Waals surface area contributed by atoms with Crippen LogP contribution in [0, 0.1) is 27.7 Å². The van der Waals surface area contributed by atoms with Gasteiger partial charge in [0.25, 0.3) is 0 Å². The molecule has 0 fully saturated rings. The molecule has 0 aromatic carbocycles. The van der Waals surface area contributed by atoms with Gasteiger partial charge in [0.2, 0.25) is 0 Å². The molecule has 1 atom stereocenters. The quantitative estimate of drug-likeness (QED) is 0.391. The van der Waals surface area contributed by atoms with E-state index >= 15 is 0 Å². The second kappa shape index (κ2) is 7.04. The van der Waals surface area contributed by atoms with Gasteiger partial charge in [-0.3, -0.25) is 0 Å². The number of hydrogen-bond acceptors (Lipinski definition) is 0. The van der Waals surface area contributed by atoms with Gasteiger partial charge < -0.3 is 0 Å². The highest BCUT2D eigenvalue weighted by molar-refractivity contribution is 7.53. The Balaban J connectivity index is 2.79. The summed E-state index contributed by atoms with van der Waals surface area (Å²) in [6.45, 7) is 25.0. The van der Waals surface area contributed by atoms with Crippen LogP contribution in [0.4, 0.5) is 0 Å². The van der Waals surface area contributed by atoms with Crippen molar-refractivity contribution in [1.82, 2.24) is 0 Å². The Morgan fingerprint density at radius 3 is 1.52 bits per heavy atom. The van der Waals surface area contributed by atoms with Crippen LogP contribution in [0.15, 0.2) is 0 Å². The van der Waals surface area contributed by atoms with Crippen molar-refractivity contribution in [3.05, 3.63) is 21.7 Å². The number of rotatable bonds is 6. The molecule has 1 aromatic rings. The predicted molar refractivity (Wildman–Crippen MR) is 112 cm³/mol. The summed E-state index contributed by atoms with van der Waals surface area (Å²) < 4.78 is 0. The fraction of sp³-hybridized carbons (Fsp3) is 0.765. The fourth-order valence-electron chi connectivity index (χ4n) is 3.77. The lowest BCUT2D eigenvalue weighted by atomic mass is 10.2. The standard InChI is InChI=1S/C17H36P2Si2/c1-13-14(2)16(4)19(15(13)3)12-11-18-17(20(5,6)7)21(8,9)10/h17-18H,11-12H2,1-10H3. The molecule has 0 saturated carbocycles. The summed E-state index contributed by atoms with van der Waals surface area (Å²) in [5, 5.41) is 3.42. The van der Waals surface area contributed by atoms with Crippen LogP contribution in [0.3, 0.4) is 0 Å². The maximum absolute atomic E-state index is 2.59. The SMILES string of the molecule is Cc1c(C)c(C)p(CCPC([Si](C)(C)C)[Si](C)(C)C)c1C. The molecule has 0 N–H and O–H groups in total. The van der Waals surface area contributed by atoms with E-state index < -0.39 is 16.1 Å². The lowest BCUT2D eigenvalue weighted by molar-refractivity contribution is 1.32. The first-order valence-electron chi connectivity index (χ1n) is 8.23. The zero-order chi connectivity index (χ0) is 16.6. The summed E-state index contributed by atoms with van der Waals surface area (Å²) in [6.07, 6.45) is 2.92. The van der Waals surface area contributed by atoms with E-state index in [0.29, 0.717) is 0 Å². The molecule has 1 heterocycles. The van der Waals surface area contributed by atoms with Gasteiger partial charge in [-0.05, 0) is 66.6 Å². The molecule has 0 aliphatic carbocycles. The molecule has 0 nitrogen and oxygen atoms in total. The lowest BCUT2D eigenvalue weighted by Gasteiger charge is -2.38. The molecule has 0 amide bonds. The van der Waals surface area contributed by atoms with Crippen LogP contribution < -0.4 is 0 Å². The summed E-state index contributed by atoms with van der Waals surface area (Å²) in [5.41, 5.74) is 3.18. The predicted octanol–water partition coefficient (Wildman–Crippen LogP) is 6.71. The Hall–Kier alpha value is 0.644. The Kier molecular flexibility index (Phi) is 6.60. The van der Waals surface area contributed by atoms with E-state index in [9.17, 15) is 0 Å². The lowest BCUT2D eigenvalue weighted by Crippen LogP contribution is -2.51. The Labute approximate surface area is 138 Å². The third kappa shape index (κ3) is 4.81. The van der Waals surface area contributed by atoms with Gasteiger partial charge in [0.1, 0.15) is 0 Å². The van der Waals surface area contributed by atoms with Gasteiger partial charge in [0.15, 0.2) is 0 Å². The van der Waals surface area contributed by atoms with Crippen LogP contribution in [0.2, 0.25) is 39.3 Å². The van der Waals surface area contributed by atoms with Crippen LogP contribution >= 0.6 is 16.1 Å². The molecule has 4 heteroatoms. The summed E-state index contributed by atoms with van der Waals surface area (Å²) in [5.74, 6) is 0. The zero-order valence-electron chi connectivity index (χ0n) is 15.9. The van der Waals surface area contributed by atoms with Gasteiger partial charge in [-0.25, -0.2) is 0 Å². The summed E-state index contributed by atoms with van der Waals surface area (Å²) in [7, 11) is -0.746. The Bertz CT molecular complexity index is 451. The van der Waals surface area contributed by atoms with E-state index in [1.807, 2.05) is 0 Å². The first-order valence-corrected chi connectivity index (χ1v) is 18.2. The van der Waals surface area contributed by atoms with Gasteiger partial charge in [-0.1, -0.05) is 39.3 Å². The third-order valence-corrected chi connectivity index (χ3v) is 24.3. The maximum atomic E-state index is 2.59. The first-order chi connectivity index (χ1) is 9.37. The minimum absolute atomic E-state index is 0.0484. The zero-order valence-corrected chi connectivity index (χ0v) is 19.8. The van der Waals surface area contributed by atoms with Gasteiger partial charge >= 0.3 is 0 Å². The molecule has 1 rings (SSSR count). The van der Waals surface area contributed by atoms with Crippen LogP contribution in [-0.4, -0.2) is 27.2 Å². The minimum atomic E-state index is -1.00. The van der Waals surface area contributed by atoms with Crippen molar-refractivity contribution in [2.75, 3.05) is 6.16 Å². The second-order valence-corrected chi connectivity index (χ2v) is 25.2. The molecule has 0 spiro atoms. The molecule has 0 aliphatic heterocycles. The molecule has 122 valence electrons. The normalized spacial score (nSPS) is 13.9. The van der Waals surface area contributed by atoms with Crippen LogP contribution in [0.5, 0.6) is 0 Å². The molecule has 0 saturated heterocycles. The van der Waals surface area contributed by atoms with Crippen molar-refractivity contribution in [2.45, 2.75) is 78.0 Å². The van der Waals surface area contributed by atoms with E-state index in [4.69, 9.17) is 0 Å². The van der Waals surface area contributed by atoms with E-state index in [2.05, 4.69) is 67.0 Å². The third-order valence-electron chi connectivity index (χ3n) is 4.87. The van der Waals surface area contributed by atoms with Crippen molar-refractivity contribution in [3.63, 3.8) is 0 Å². The summed E-state index contributed by atoms with van der Waals surface area (Å²) in [4.78, 5) is 1.10. The molecule has 0 radical (unpaired) electrons. The van der Waals surface area contributed by atoms with Crippen molar-refractivity contribution in [1.29, 1.82) is 0 Å². The molecule has 0 bridgehead atoms. The van der Waals surface area contributed by atoms with Crippen LogP contribution in [0.1, 0.15) is 21.7 Å². The monoisotopic (exact) mass is 358 g/mol. The largest absolute Gasteiger partial charge is 0.124 e. The average molecular weight is 359 g/mol. The van der Waals surface area contributed by atoms with E-state index in [1.54, 1.807) is 21.7 Å².